The van der Waals surface area contributed by atoms with Crippen molar-refractivity contribution in [1.29, 1.82) is 0 Å². The monoisotopic (exact) mass is 274 g/mol. The van der Waals surface area contributed by atoms with Crippen molar-refractivity contribution in [2.75, 3.05) is 34.0 Å². The highest BCUT2D eigenvalue weighted by atomic mass is 35.5. The standard InChI is InChI=1S/C12H19ClN2O3/c1-16-5-6-18-8-11(15-14)9-3-4-10(13)12(7-9)17-2/h3-4,7,11,15H,5-6,8,14H2,1-2H3. The Bertz CT molecular complexity index is 363. The topological polar surface area (TPSA) is 65.7 Å². The van der Waals surface area contributed by atoms with Crippen LogP contribution in [0.3, 0.4) is 0 Å². The number of benzene rings is 1. The van der Waals surface area contributed by atoms with Gasteiger partial charge in [0.1, 0.15) is 5.75 Å². The number of halogens is 1. The van der Waals surface area contributed by atoms with Crippen LogP contribution in [0.4, 0.5) is 0 Å². The molecule has 5 nitrogen and oxygen atoms in total. The van der Waals surface area contributed by atoms with E-state index in [1.165, 1.54) is 0 Å². The lowest BCUT2D eigenvalue weighted by Crippen LogP contribution is -2.31. The van der Waals surface area contributed by atoms with E-state index in [0.717, 1.165) is 5.56 Å². The second-order valence-corrected chi connectivity index (χ2v) is 4.09. The van der Waals surface area contributed by atoms with Gasteiger partial charge in [0, 0.05) is 7.11 Å². The van der Waals surface area contributed by atoms with Crippen molar-refractivity contribution in [1.82, 2.24) is 5.43 Å². The van der Waals surface area contributed by atoms with E-state index in [0.29, 0.717) is 30.6 Å². The Labute approximate surface area is 112 Å². The van der Waals surface area contributed by atoms with Crippen LogP contribution in [-0.2, 0) is 9.47 Å². The molecule has 0 saturated heterocycles. The van der Waals surface area contributed by atoms with E-state index in [1.54, 1.807) is 20.3 Å². The lowest BCUT2D eigenvalue weighted by Gasteiger charge is -2.17. The second kappa shape index (κ2) is 8.29. The third-order valence-corrected chi connectivity index (χ3v) is 2.81. The van der Waals surface area contributed by atoms with Gasteiger partial charge in [0.25, 0.3) is 0 Å². The predicted molar refractivity (Wildman–Crippen MR) is 70.8 cm³/mol. The average molecular weight is 275 g/mol. The van der Waals surface area contributed by atoms with Crippen LogP contribution in [0.1, 0.15) is 11.6 Å². The van der Waals surface area contributed by atoms with Gasteiger partial charge in [-0.2, -0.15) is 0 Å². The summed E-state index contributed by atoms with van der Waals surface area (Å²) in [7, 11) is 3.21. The van der Waals surface area contributed by atoms with Crippen LogP contribution in [0.2, 0.25) is 5.02 Å². The van der Waals surface area contributed by atoms with Gasteiger partial charge in [-0.3, -0.25) is 11.3 Å². The molecule has 102 valence electrons. The summed E-state index contributed by atoms with van der Waals surface area (Å²) in [4.78, 5) is 0. The first kappa shape index (κ1) is 15.2. The summed E-state index contributed by atoms with van der Waals surface area (Å²) in [5, 5.41) is 0.567. The summed E-state index contributed by atoms with van der Waals surface area (Å²) in [6.45, 7) is 1.53. The highest BCUT2D eigenvalue weighted by Gasteiger charge is 2.12. The Morgan fingerprint density at radius 3 is 2.72 bits per heavy atom. The van der Waals surface area contributed by atoms with Crippen molar-refractivity contribution in [3.05, 3.63) is 28.8 Å². The van der Waals surface area contributed by atoms with E-state index in [2.05, 4.69) is 5.43 Å². The van der Waals surface area contributed by atoms with Gasteiger partial charge in [-0.1, -0.05) is 17.7 Å². The molecular formula is C12H19ClN2O3. The van der Waals surface area contributed by atoms with Gasteiger partial charge >= 0.3 is 0 Å². The SMILES string of the molecule is COCCOCC(NN)c1ccc(Cl)c(OC)c1. The highest BCUT2D eigenvalue weighted by molar-refractivity contribution is 6.32. The summed E-state index contributed by atoms with van der Waals surface area (Å²) < 4.78 is 15.5. The lowest BCUT2D eigenvalue weighted by atomic mass is 10.1. The molecule has 1 unspecified atom stereocenters. The van der Waals surface area contributed by atoms with E-state index in [9.17, 15) is 0 Å². The number of nitrogens with two attached hydrogens (primary N) is 1. The fourth-order valence-corrected chi connectivity index (χ4v) is 1.67. The Morgan fingerprint density at radius 1 is 1.33 bits per heavy atom. The third-order valence-electron chi connectivity index (χ3n) is 2.50. The van der Waals surface area contributed by atoms with Gasteiger partial charge in [-0.25, -0.2) is 0 Å². The van der Waals surface area contributed by atoms with Crippen LogP contribution in [-0.4, -0.2) is 34.0 Å². The first-order valence-corrected chi connectivity index (χ1v) is 5.97. The molecule has 0 aromatic heterocycles. The molecule has 0 bridgehead atoms. The van der Waals surface area contributed by atoms with E-state index in [4.69, 9.17) is 31.7 Å². The predicted octanol–water partition coefficient (Wildman–Crippen LogP) is 1.52. The Balaban J connectivity index is 2.63. The molecule has 1 atom stereocenters. The van der Waals surface area contributed by atoms with Crippen LogP contribution in [0.15, 0.2) is 18.2 Å². The summed E-state index contributed by atoms with van der Waals surface area (Å²) in [6.07, 6.45) is 0. The fourth-order valence-electron chi connectivity index (χ4n) is 1.48. The molecule has 6 heteroatoms. The smallest absolute Gasteiger partial charge is 0.137 e. The number of methoxy groups -OCH3 is 2. The molecule has 0 aliphatic heterocycles. The number of ether oxygens (including phenoxy) is 3. The molecule has 0 saturated carbocycles. The zero-order valence-electron chi connectivity index (χ0n) is 10.6. The summed E-state index contributed by atoms with van der Waals surface area (Å²) >= 11 is 5.97. The molecule has 0 aliphatic rings. The molecule has 0 spiro atoms. The molecule has 3 N–H and O–H groups in total. The van der Waals surface area contributed by atoms with E-state index < -0.39 is 0 Å². The third kappa shape index (κ3) is 4.44. The van der Waals surface area contributed by atoms with Crippen LogP contribution < -0.4 is 16.0 Å². The highest BCUT2D eigenvalue weighted by Crippen LogP contribution is 2.27. The van der Waals surface area contributed by atoms with Gasteiger partial charge in [-0.15, -0.1) is 0 Å². The molecular weight excluding hydrogens is 256 g/mol. The summed E-state index contributed by atoms with van der Waals surface area (Å²) in [6, 6.07) is 5.38. The van der Waals surface area contributed by atoms with Crippen LogP contribution in [0, 0.1) is 0 Å². The average Bonchev–Trinajstić information content (AvgIpc) is 2.40. The molecule has 18 heavy (non-hydrogen) atoms. The number of hydrogen-bond donors (Lipinski definition) is 2. The van der Waals surface area contributed by atoms with Crippen molar-refractivity contribution in [2.45, 2.75) is 6.04 Å². The fraction of sp³-hybridized carbons (Fsp3) is 0.500. The van der Waals surface area contributed by atoms with Crippen molar-refractivity contribution >= 4 is 11.6 Å². The summed E-state index contributed by atoms with van der Waals surface area (Å²) in [5.74, 6) is 6.13. The molecule has 1 aromatic carbocycles. The molecule has 1 rings (SSSR count). The maximum Gasteiger partial charge on any atom is 0.137 e. The minimum absolute atomic E-state index is 0.118. The minimum Gasteiger partial charge on any atom is -0.495 e. The normalized spacial score (nSPS) is 12.4. The van der Waals surface area contributed by atoms with Crippen LogP contribution in [0.25, 0.3) is 0 Å². The number of rotatable bonds is 8. The van der Waals surface area contributed by atoms with Crippen molar-refractivity contribution in [2.24, 2.45) is 5.84 Å². The Kier molecular flexibility index (Phi) is 7.00. The minimum atomic E-state index is -0.118. The zero-order valence-corrected chi connectivity index (χ0v) is 11.4. The molecule has 0 aliphatic carbocycles. The van der Waals surface area contributed by atoms with Crippen molar-refractivity contribution < 1.29 is 14.2 Å². The Hall–Kier alpha value is -0.850. The van der Waals surface area contributed by atoms with Crippen molar-refractivity contribution in [3.63, 3.8) is 0 Å². The van der Waals surface area contributed by atoms with E-state index >= 15 is 0 Å². The number of hydrazine groups is 1. The number of hydrogen-bond acceptors (Lipinski definition) is 5. The van der Waals surface area contributed by atoms with E-state index in [1.807, 2.05) is 12.1 Å². The van der Waals surface area contributed by atoms with Gasteiger partial charge in [0.05, 0.1) is 38.0 Å². The number of nitrogens with one attached hydrogen (secondary N) is 1. The quantitative estimate of drug-likeness (QED) is 0.427. The molecule has 0 fully saturated rings. The zero-order chi connectivity index (χ0) is 13.4. The summed E-state index contributed by atoms with van der Waals surface area (Å²) in [5.41, 5.74) is 3.66. The van der Waals surface area contributed by atoms with Gasteiger partial charge in [0.15, 0.2) is 0 Å². The lowest BCUT2D eigenvalue weighted by molar-refractivity contribution is 0.0585. The molecule has 0 heterocycles. The Morgan fingerprint density at radius 2 is 2.11 bits per heavy atom. The molecule has 0 radical (unpaired) electrons. The van der Waals surface area contributed by atoms with Crippen LogP contribution >= 0.6 is 11.6 Å². The maximum absolute atomic E-state index is 5.97. The molecule has 0 amide bonds. The van der Waals surface area contributed by atoms with Gasteiger partial charge in [-0.05, 0) is 17.7 Å². The first-order chi connectivity index (χ1) is 8.72. The van der Waals surface area contributed by atoms with E-state index in [-0.39, 0.29) is 6.04 Å². The van der Waals surface area contributed by atoms with Crippen molar-refractivity contribution in [3.8, 4) is 5.75 Å². The van der Waals surface area contributed by atoms with Gasteiger partial charge < -0.3 is 14.2 Å². The maximum atomic E-state index is 5.97. The first-order valence-electron chi connectivity index (χ1n) is 5.59. The largest absolute Gasteiger partial charge is 0.495 e. The second-order valence-electron chi connectivity index (χ2n) is 3.68. The van der Waals surface area contributed by atoms with Crippen LogP contribution in [0.5, 0.6) is 5.75 Å². The molecule has 1 aromatic rings. The van der Waals surface area contributed by atoms with Gasteiger partial charge in [0.2, 0.25) is 0 Å².